The van der Waals surface area contributed by atoms with Gasteiger partial charge in [0.15, 0.2) is 0 Å². The average molecular weight is 652 g/mol. The van der Waals surface area contributed by atoms with E-state index < -0.39 is 7.53 Å². The van der Waals surface area contributed by atoms with Gasteiger partial charge in [0.25, 0.3) is 0 Å². The Hall–Kier alpha value is -3.25. The van der Waals surface area contributed by atoms with Gasteiger partial charge in [-0.25, -0.2) is 16.1 Å². The number of hydrogen-bond donors (Lipinski definition) is 0. The van der Waals surface area contributed by atoms with Crippen molar-refractivity contribution < 1.29 is 25.8 Å². The molecule has 0 bridgehead atoms. The van der Waals surface area contributed by atoms with E-state index in [-0.39, 0.29) is 21.1 Å². The fourth-order valence-corrected chi connectivity index (χ4v) is 6.85. The van der Waals surface area contributed by atoms with E-state index in [1.54, 1.807) is 6.20 Å². The van der Waals surface area contributed by atoms with E-state index in [0.29, 0.717) is 11.6 Å². The molecule has 0 aliphatic carbocycles. The van der Waals surface area contributed by atoms with Crippen LogP contribution in [0.2, 0.25) is 0 Å². The Kier molecular flexibility index (Phi) is 6.56. The SMILES string of the molecule is Cc1ccnc(-p2c3[c-]c(-c4[c-]c(Oc5ncccc5C)ccc4)ccc3c3ccccc32)c1.[Pt+2]. The maximum absolute atomic E-state index is 6.03. The van der Waals surface area contributed by atoms with Crippen molar-refractivity contribution in [3.05, 3.63) is 115 Å². The third-order valence-electron chi connectivity index (χ3n) is 5.94. The van der Waals surface area contributed by atoms with Gasteiger partial charge in [0, 0.05) is 23.7 Å². The first-order valence-corrected chi connectivity index (χ1v) is 12.5. The minimum Gasteiger partial charge on any atom is -0.460 e. The van der Waals surface area contributed by atoms with Crippen molar-refractivity contribution in [1.82, 2.24) is 9.97 Å². The molecule has 0 N–H and O–H groups in total. The smallest absolute Gasteiger partial charge is 0.460 e. The summed E-state index contributed by atoms with van der Waals surface area (Å²) in [6, 6.07) is 34.2. The van der Waals surface area contributed by atoms with Crippen molar-refractivity contribution in [1.29, 1.82) is 0 Å². The number of fused-ring (bicyclic) bond motifs is 3. The van der Waals surface area contributed by atoms with Gasteiger partial charge in [-0.2, -0.15) is 24.3 Å². The first-order chi connectivity index (χ1) is 16.7. The van der Waals surface area contributed by atoms with E-state index in [1.807, 2.05) is 49.5 Å². The summed E-state index contributed by atoms with van der Waals surface area (Å²) in [5.41, 5.74) is 5.25. The quantitative estimate of drug-likeness (QED) is 0.180. The molecule has 3 heterocycles. The molecule has 0 radical (unpaired) electrons. The molecule has 1 unspecified atom stereocenters. The molecule has 172 valence electrons. The van der Waals surface area contributed by atoms with Crippen molar-refractivity contribution in [2.24, 2.45) is 0 Å². The Morgan fingerprint density at radius 3 is 2.46 bits per heavy atom. The molecule has 0 saturated carbocycles. The Bertz CT molecular complexity index is 1670. The number of aryl methyl sites for hydroxylation is 2. The van der Waals surface area contributed by atoms with Crippen LogP contribution in [0, 0.1) is 26.0 Å². The zero-order valence-corrected chi connectivity index (χ0v) is 22.4. The summed E-state index contributed by atoms with van der Waals surface area (Å²) in [5.74, 6) is 1.23. The van der Waals surface area contributed by atoms with Crippen LogP contribution < -0.4 is 4.74 Å². The molecule has 0 spiro atoms. The van der Waals surface area contributed by atoms with Crippen molar-refractivity contribution >= 4 is 28.5 Å². The largest absolute Gasteiger partial charge is 2.00 e. The van der Waals surface area contributed by atoms with Crippen LogP contribution in [-0.2, 0) is 21.1 Å². The van der Waals surface area contributed by atoms with E-state index in [1.165, 1.54) is 26.6 Å². The fraction of sp³-hybridized carbons (Fsp3) is 0.0667. The second kappa shape index (κ2) is 9.78. The summed E-state index contributed by atoms with van der Waals surface area (Å²) in [4.78, 5) is 9.11. The summed E-state index contributed by atoms with van der Waals surface area (Å²) in [5, 5.41) is 5.07. The Labute approximate surface area is 220 Å². The van der Waals surface area contributed by atoms with Gasteiger partial charge in [0.2, 0.25) is 5.88 Å². The van der Waals surface area contributed by atoms with Crippen LogP contribution in [-0.4, -0.2) is 9.97 Å². The second-order valence-corrected chi connectivity index (χ2v) is 10.4. The van der Waals surface area contributed by atoms with Gasteiger partial charge in [-0.1, -0.05) is 48.4 Å². The predicted octanol–water partition coefficient (Wildman–Crippen LogP) is 8.43. The molecule has 6 rings (SSSR count). The molecular weight excluding hydrogens is 630 g/mol. The van der Waals surface area contributed by atoms with Crippen LogP contribution >= 0.6 is 7.53 Å². The third kappa shape index (κ3) is 4.43. The molecule has 0 amide bonds. The third-order valence-corrected chi connectivity index (χ3v) is 8.31. The van der Waals surface area contributed by atoms with Crippen LogP contribution in [0.25, 0.3) is 37.6 Å². The molecule has 1 atom stereocenters. The maximum atomic E-state index is 6.03. The fourth-order valence-electron chi connectivity index (χ4n) is 4.28. The summed E-state index contributed by atoms with van der Waals surface area (Å²) >= 11 is 0. The number of ether oxygens (including phenoxy) is 1. The molecule has 0 aliphatic heterocycles. The van der Waals surface area contributed by atoms with Crippen molar-refractivity contribution in [2.75, 3.05) is 0 Å². The molecule has 3 aromatic heterocycles. The van der Waals surface area contributed by atoms with Crippen LogP contribution in [0.5, 0.6) is 11.6 Å². The summed E-state index contributed by atoms with van der Waals surface area (Å²) in [6.07, 6.45) is 3.64. The molecule has 0 fully saturated rings. The normalized spacial score (nSPS) is 11.4. The van der Waals surface area contributed by atoms with Gasteiger partial charge in [-0.05, 0) is 48.1 Å². The monoisotopic (exact) mass is 651 g/mol. The Morgan fingerprint density at radius 1 is 0.743 bits per heavy atom. The number of pyridine rings is 2. The zero-order valence-electron chi connectivity index (χ0n) is 19.2. The van der Waals surface area contributed by atoms with E-state index in [2.05, 4.69) is 66.5 Å². The maximum Gasteiger partial charge on any atom is 2.00 e. The van der Waals surface area contributed by atoms with Crippen LogP contribution in [0.15, 0.2) is 91.3 Å². The van der Waals surface area contributed by atoms with E-state index >= 15 is 0 Å². The van der Waals surface area contributed by atoms with Crippen LogP contribution in [0.1, 0.15) is 11.1 Å². The van der Waals surface area contributed by atoms with Gasteiger partial charge < -0.3 is 4.74 Å². The number of benzene rings is 3. The summed E-state index contributed by atoms with van der Waals surface area (Å²) in [6.45, 7) is 4.10. The van der Waals surface area contributed by atoms with Gasteiger partial charge in [-0.3, -0.25) is 4.98 Å². The molecular formula is C30H21N2OPPt. The minimum absolute atomic E-state index is 0. The Morgan fingerprint density at radius 2 is 1.60 bits per heavy atom. The zero-order chi connectivity index (χ0) is 23.1. The van der Waals surface area contributed by atoms with Crippen LogP contribution in [0.4, 0.5) is 0 Å². The van der Waals surface area contributed by atoms with Crippen LogP contribution in [0.3, 0.4) is 0 Å². The second-order valence-electron chi connectivity index (χ2n) is 8.33. The Balaban J connectivity index is 0.00000253. The van der Waals surface area contributed by atoms with Gasteiger partial charge >= 0.3 is 21.1 Å². The van der Waals surface area contributed by atoms with Gasteiger partial charge in [0.1, 0.15) is 0 Å². The summed E-state index contributed by atoms with van der Waals surface area (Å²) in [7, 11) is -0.768. The standard InChI is InChI=1S/C30H21N2OP.Pt/c1-20-14-16-31-29(17-20)34-27-11-4-3-10-25(27)26-13-12-23(19-28(26)34)22-8-5-9-24(18-22)33-30-21(2)7-6-15-32-30;/h3-17H,1-2H3;/q-2;+2. The van der Waals surface area contributed by atoms with E-state index in [9.17, 15) is 0 Å². The van der Waals surface area contributed by atoms with Gasteiger partial charge in [0.05, 0.1) is 5.44 Å². The molecule has 5 heteroatoms. The van der Waals surface area contributed by atoms with E-state index in [4.69, 9.17) is 9.72 Å². The number of nitrogens with zero attached hydrogens (tertiary/aromatic N) is 2. The van der Waals surface area contributed by atoms with Crippen molar-refractivity contribution in [3.8, 4) is 28.2 Å². The van der Waals surface area contributed by atoms with Gasteiger partial charge in [-0.15, -0.1) is 18.2 Å². The van der Waals surface area contributed by atoms with Crippen molar-refractivity contribution in [2.45, 2.75) is 13.8 Å². The van der Waals surface area contributed by atoms with Crippen molar-refractivity contribution in [3.63, 3.8) is 0 Å². The number of hydrogen-bond acceptors (Lipinski definition) is 3. The molecule has 0 saturated heterocycles. The molecule has 3 nitrogen and oxygen atoms in total. The molecule has 3 aromatic carbocycles. The number of rotatable bonds is 4. The molecule has 0 aliphatic rings. The number of aromatic nitrogens is 2. The first-order valence-electron chi connectivity index (χ1n) is 11.2. The predicted molar refractivity (Wildman–Crippen MR) is 140 cm³/mol. The minimum atomic E-state index is -0.768. The average Bonchev–Trinajstić information content (AvgIpc) is 3.19. The van der Waals surface area contributed by atoms with E-state index in [0.717, 1.165) is 22.1 Å². The first kappa shape index (κ1) is 23.5. The molecule has 35 heavy (non-hydrogen) atoms. The summed E-state index contributed by atoms with van der Waals surface area (Å²) < 4.78 is 6.03. The topological polar surface area (TPSA) is 35.0 Å². The molecule has 6 aromatic rings.